The number of Topliss-reactive ketones (excluding diaryl/α,β-unsaturated/α-hetero) is 1. The van der Waals surface area contributed by atoms with Gasteiger partial charge in [0, 0.05) is 62.8 Å². The van der Waals surface area contributed by atoms with Gasteiger partial charge in [-0.15, -0.1) is 0 Å². The number of hydrogen-bond donors (Lipinski definition) is 0. The van der Waals surface area contributed by atoms with Crippen molar-refractivity contribution in [2.24, 2.45) is 23.2 Å². The molecule has 0 heterocycles. The molecule has 32 heavy (non-hydrogen) atoms. The second-order valence-electron chi connectivity index (χ2n) is 7.92. The fraction of sp³-hybridized carbons (Fsp3) is 0.727. The molecular formula is C22H32O10. The first-order valence-corrected chi connectivity index (χ1v) is 10.1. The van der Waals surface area contributed by atoms with Crippen LogP contribution in [0.3, 0.4) is 0 Å². The van der Waals surface area contributed by atoms with Crippen molar-refractivity contribution in [3.8, 4) is 0 Å². The van der Waals surface area contributed by atoms with E-state index >= 15 is 0 Å². The Morgan fingerprint density at radius 3 is 1.75 bits per heavy atom. The third-order valence-corrected chi connectivity index (χ3v) is 7.19. The molecule has 0 amide bonds. The lowest BCUT2D eigenvalue weighted by molar-refractivity contribution is -0.338. The highest BCUT2D eigenvalue weighted by molar-refractivity contribution is 6.01. The van der Waals surface area contributed by atoms with Crippen LogP contribution in [0.15, 0.2) is 23.8 Å². The fourth-order valence-electron chi connectivity index (χ4n) is 6.02. The molecule has 0 aromatic carbocycles. The first kappa shape index (κ1) is 25.1. The van der Waals surface area contributed by atoms with E-state index in [0.717, 1.165) is 0 Å². The van der Waals surface area contributed by atoms with Gasteiger partial charge < -0.3 is 37.9 Å². The number of allylic oxidation sites excluding steroid dienone is 1. The molecule has 4 rings (SSSR count). The summed E-state index contributed by atoms with van der Waals surface area (Å²) in [5.74, 6) is -7.01. The van der Waals surface area contributed by atoms with Crippen molar-refractivity contribution in [3.05, 3.63) is 23.8 Å². The monoisotopic (exact) mass is 456 g/mol. The molecule has 0 spiro atoms. The van der Waals surface area contributed by atoms with E-state index in [1.54, 1.807) is 12.2 Å². The van der Waals surface area contributed by atoms with Crippen molar-refractivity contribution >= 4 is 11.6 Å². The standard InChI is InChI=1S/C22H32O10/c1-25-18(26-2)12-11-13-17(24)22(31-7,32-8)15(12)16-20(13,19(27-3)28-4)10-9-14(23)21(16,29-5)30-6/h9-11,13,15-16,18-19H,1-8H3. The van der Waals surface area contributed by atoms with Gasteiger partial charge in [0.25, 0.3) is 0 Å². The Bertz CT molecular complexity index is 789. The van der Waals surface area contributed by atoms with Gasteiger partial charge in [-0.2, -0.15) is 0 Å². The number of methoxy groups -OCH3 is 8. The van der Waals surface area contributed by atoms with Crippen molar-refractivity contribution in [2.75, 3.05) is 56.9 Å². The molecule has 10 heteroatoms. The van der Waals surface area contributed by atoms with Crippen LogP contribution in [0.2, 0.25) is 0 Å². The molecule has 0 aromatic rings. The van der Waals surface area contributed by atoms with Crippen molar-refractivity contribution in [3.63, 3.8) is 0 Å². The van der Waals surface area contributed by atoms with Crippen LogP contribution < -0.4 is 0 Å². The minimum atomic E-state index is -1.79. The van der Waals surface area contributed by atoms with Crippen molar-refractivity contribution in [2.45, 2.75) is 24.2 Å². The van der Waals surface area contributed by atoms with Crippen LogP contribution >= 0.6 is 0 Å². The molecular weight excluding hydrogens is 424 g/mol. The molecule has 0 radical (unpaired) electrons. The molecule has 4 unspecified atom stereocenters. The zero-order valence-electron chi connectivity index (χ0n) is 19.7. The van der Waals surface area contributed by atoms with Crippen molar-refractivity contribution in [1.29, 1.82) is 0 Å². The predicted molar refractivity (Wildman–Crippen MR) is 109 cm³/mol. The van der Waals surface area contributed by atoms with Gasteiger partial charge in [0.05, 0.1) is 17.3 Å². The van der Waals surface area contributed by atoms with Crippen LogP contribution in [-0.4, -0.2) is 92.6 Å². The summed E-state index contributed by atoms with van der Waals surface area (Å²) in [5.41, 5.74) is -0.613. The van der Waals surface area contributed by atoms with E-state index in [0.29, 0.717) is 5.57 Å². The Kier molecular flexibility index (Phi) is 7.09. The molecule has 10 nitrogen and oxygen atoms in total. The Labute approximate surface area is 187 Å². The fourth-order valence-corrected chi connectivity index (χ4v) is 6.02. The average molecular weight is 456 g/mol. The molecule has 1 saturated carbocycles. The molecule has 4 atom stereocenters. The average Bonchev–Trinajstić information content (AvgIpc) is 2.82. The summed E-state index contributed by atoms with van der Waals surface area (Å²) in [6.07, 6.45) is 3.00. The predicted octanol–water partition coefficient (Wildman–Crippen LogP) is 0.699. The number of carbonyl (C=O) groups excluding carboxylic acids is 2. The molecule has 1 fully saturated rings. The van der Waals surface area contributed by atoms with Crippen LogP contribution in [0.1, 0.15) is 0 Å². The summed E-state index contributed by atoms with van der Waals surface area (Å²) in [6, 6.07) is 0. The van der Waals surface area contributed by atoms with E-state index in [1.165, 1.54) is 63.0 Å². The second kappa shape index (κ2) is 9.03. The van der Waals surface area contributed by atoms with Gasteiger partial charge in [-0.05, 0) is 11.6 Å². The highest BCUT2D eigenvalue weighted by atomic mass is 16.7. The Hall–Kier alpha value is -1.50. The number of hydrogen-bond acceptors (Lipinski definition) is 10. The third kappa shape index (κ3) is 2.88. The summed E-state index contributed by atoms with van der Waals surface area (Å²) in [7, 11) is 11.4. The number of ether oxygens (including phenoxy) is 8. The van der Waals surface area contributed by atoms with Crippen LogP contribution in [0.4, 0.5) is 0 Å². The van der Waals surface area contributed by atoms with Gasteiger partial charge in [-0.3, -0.25) is 9.59 Å². The third-order valence-electron chi connectivity index (χ3n) is 7.19. The number of rotatable bonds is 10. The lowest BCUT2D eigenvalue weighted by Crippen LogP contribution is -2.77. The van der Waals surface area contributed by atoms with Crippen molar-refractivity contribution < 1.29 is 47.5 Å². The van der Waals surface area contributed by atoms with Gasteiger partial charge in [0.1, 0.15) is 0 Å². The van der Waals surface area contributed by atoms with E-state index in [2.05, 4.69) is 0 Å². The summed E-state index contributed by atoms with van der Waals surface area (Å²) < 4.78 is 45.5. The Morgan fingerprint density at radius 2 is 1.31 bits per heavy atom. The highest BCUT2D eigenvalue weighted by Crippen LogP contribution is 2.66. The minimum absolute atomic E-state index is 0.349. The van der Waals surface area contributed by atoms with Crippen LogP contribution in [0, 0.1) is 23.2 Å². The van der Waals surface area contributed by atoms with Crippen LogP contribution in [-0.2, 0) is 47.5 Å². The normalized spacial score (nSPS) is 32.6. The van der Waals surface area contributed by atoms with Crippen LogP contribution in [0.5, 0.6) is 0 Å². The number of ketones is 2. The number of carbonyl (C=O) groups is 2. The van der Waals surface area contributed by atoms with E-state index in [9.17, 15) is 9.59 Å². The summed E-state index contributed by atoms with van der Waals surface area (Å²) in [6.45, 7) is 0. The molecule has 2 bridgehead atoms. The zero-order chi connectivity index (χ0) is 23.9. The molecule has 0 N–H and O–H groups in total. The van der Waals surface area contributed by atoms with Gasteiger partial charge in [0.2, 0.25) is 17.4 Å². The molecule has 4 aliphatic rings. The summed E-state index contributed by atoms with van der Waals surface area (Å²) in [5, 5.41) is 0. The molecule has 0 saturated heterocycles. The van der Waals surface area contributed by atoms with E-state index in [1.807, 2.05) is 0 Å². The molecule has 0 aromatic heterocycles. The maximum absolute atomic E-state index is 13.9. The SMILES string of the molecule is COC(OC)C1=CC2C(=O)C(OC)(OC)C1C1C(OC)(OC)C(=O)C=CC21C(OC)OC. The topological polar surface area (TPSA) is 108 Å². The summed E-state index contributed by atoms with van der Waals surface area (Å²) in [4.78, 5) is 27.2. The molecule has 4 aliphatic carbocycles. The lowest BCUT2D eigenvalue weighted by atomic mass is 9.44. The largest absolute Gasteiger partial charge is 0.355 e. The van der Waals surface area contributed by atoms with Gasteiger partial charge in [-0.1, -0.05) is 12.2 Å². The summed E-state index contributed by atoms with van der Waals surface area (Å²) >= 11 is 0. The number of fused-ring (bicyclic) bond motifs is 1. The maximum Gasteiger partial charge on any atom is 0.237 e. The first-order valence-electron chi connectivity index (χ1n) is 10.1. The van der Waals surface area contributed by atoms with Crippen molar-refractivity contribution in [1.82, 2.24) is 0 Å². The zero-order valence-corrected chi connectivity index (χ0v) is 19.7. The van der Waals surface area contributed by atoms with E-state index < -0.39 is 53.1 Å². The van der Waals surface area contributed by atoms with Gasteiger partial charge in [0.15, 0.2) is 18.4 Å². The second-order valence-corrected chi connectivity index (χ2v) is 7.92. The molecule has 180 valence electrons. The minimum Gasteiger partial charge on any atom is -0.355 e. The Balaban J connectivity index is 2.46. The quantitative estimate of drug-likeness (QED) is 0.344. The maximum atomic E-state index is 13.9. The van der Waals surface area contributed by atoms with E-state index in [-0.39, 0.29) is 5.78 Å². The highest BCUT2D eigenvalue weighted by Gasteiger charge is 2.78. The Morgan fingerprint density at radius 1 is 0.781 bits per heavy atom. The lowest BCUT2D eigenvalue weighted by Gasteiger charge is -2.65. The van der Waals surface area contributed by atoms with Crippen LogP contribution in [0.25, 0.3) is 0 Å². The van der Waals surface area contributed by atoms with Gasteiger partial charge >= 0.3 is 0 Å². The van der Waals surface area contributed by atoms with Gasteiger partial charge in [-0.25, -0.2) is 0 Å². The first-order chi connectivity index (χ1) is 15.3. The smallest absolute Gasteiger partial charge is 0.237 e. The van der Waals surface area contributed by atoms with E-state index in [4.69, 9.17) is 37.9 Å². The molecule has 0 aliphatic heterocycles.